The maximum atomic E-state index is 10.9. The van der Waals surface area contributed by atoms with Gasteiger partial charge in [-0.3, -0.25) is 4.68 Å². The fourth-order valence-corrected chi connectivity index (χ4v) is 3.71. The fraction of sp³-hybridized carbons (Fsp3) is 0.800. The van der Waals surface area contributed by atoms with E-state index < -0.39 is 5.60 Å². The van der Waals surface area contributed by atoms with Crippen LogP contribution in [0.25, 0.3) is 0 Å². The van der Waals surface area contributed by atoms with Crippen LogP contribution >= 0.6 is 15.9 Å². The van der Waals surface area contributed by atoms with Crippen LogP contribution in [0, 0.1) is 0 Å². The van der Waals surface area contributed by atoms with Crippen LogP contribution < -0.4 is 0 Å². The molecule has 2 heterocycles. The number of aliphatic hydroxyl groups is 1. The molecule has 114 valence electrons. The molecule has 1 aliphatic heterocycles. The zero-order valence-electron chi connectivity index (χ0n) is 13.0. The van der Waals surface area contributed by atoms with Gasteiger partial charge in [0.15, 0.2) is 0 Å². The zero-order chi connectivity index (χ0) is 14.9. The van der Waals surface area contributed by atoms with Gasteiger partial charge in [-0.25, -0.2) is 0 Å². The molecule has 0 aromatic carbocycles. The van der Waals surface area contributed by atoms with Crippen molar-refractivity contribution in [3.63, 3.8) is 0 Å². The summed E-state index contributed by atoms with van der Waals surface area (Å²) in [6.45, 7) is 8.49. The average molecular weight is 344 g/mol. The van der Waals surface area contributed by atoms with Crippen molar-refractivity contribution in [2.75, 3.05) is 13.1 Å². The smallest absolute Gasteiger partial charge is 0.0766 e. The van der Waals surface area contributed by atoms with Crippen LogP contribution in [0.5, 0.6) is 0 Å². The van der Waals surface area contributed by atoms with Gasteiger partial charge in [0.1, 0.15) is 0 Å². The lowest BCUT2D eigenvalue weighted by Gasteiger charge is -2.40. The predicted molar refractivity (Wildman–Crippen MR) is 84.9 cm³/mol. The van der Waals surface area contributed by atoms with Crippen LogP contribution in [0.1, 0.15) is 45.0 Å². The number of nitrogens with zero attached hydrogens (tertiary/aromatic N) is 3. The maximum absolute atomic E-state index is 10.9. The second-order valence-corrected chi connectivity index (χ2v) is 7.01. The molecule has 1 aromatic rings. The number of hydrogen-bond acceptors (Lipinski definition) is 3. The summed E-state index contributed by atoms with van der Waals surface area (Å²) in [6, 6.07) is 0.565. The molecule has 0 saturated carbocycles. The quantitative estimate of drug-likeness (QED) is 0.913. The molecule has 5 heteroatoms. The fourth-order valence-electron chi connectivity index (χ4n) is 2.96. The molecule has 0 bridgehead atoms. The molecule has 0 amide bonds. The third-order valence-electron chi connectivity index (χ3n) is 4.46. The minimum Gasteiger partial charge on any atom is -0.389 e. The van der Waals surface area contributed by atoms with Gasteiger partial charge in [-0.15, -0.1) is 0 Å². The summed E-state index contributed by atoms with van der Waals surface area (Å²) in [6.07, 6.45) is 3.27. The molecule has 2 rings (SSSR count). The van der Waals surface area contributed by atoms with Crippen LogP contribution in [-0.2, 0) is 19.9 Å². The van der Waals surface area contributed by atoms with E-state index in [4.69, 9.17) is 0 Å². The summed E-state index contributed by atoms with van der Waals surface area (Å²) < 4.78 is 2.98. The number of hydrogen-bond donors (Lipinski definition) is 1. The second kappa shape index (κ2) is 6.16. The second-order valence-electron chi connectivity index (χ2n) is 6.22. The van der Waals surface area contributed by atoms with E-state index in [1.807, 2.05) is 11.7 Å². The Morgan fingerprint density at radius 1 is 1.35 bits per heavy atom. The normalized spacial score (nSPS) is 19.8. The molecule has 1 saturated heterocycles. The SMILES string of the molecule is CCc1nn(C)c(CC2(O)CCN(C(C)C)CC2)c1Br. The molecule has 0 radical (unpaired) electrons. The molecule has 1 aliphatic rings. The van der Waals surface area contributed by atoms with Gasteiger partial charge < -0.3 is 10.0 Å². The lowest BCUT2D eigenvalue weighted by Crippen LogP contribution is -2.48. The molecule has 1 fully saturated rings. The van der Waals surface area contributed by atoms with Crippen molar-refractivity contribution >= 4 is 15.9 Å². The molecule has 0 unspecified atom stereocenters. The molecule has 1 N–H and O–H groups in total. The van der Waals surface area contributed by atoms with Crippen molar-refractivity contribution < 1.29 is 5.11 Å². The first-order valence-corrected chi connectivity index (χ1v) is 8.32. The van der Waals surface area contributed by atoms with E-state index in [-0.39, 0.29) is 0 Å². The van der Waals surface area contributed by atoms with Gasteiger partial charge in [0.25, 0.3) is 0 Å². The molecule has 1 aromatic heterocycles. The Balaban J connectivity index is 2.09. The van der Waals surface area contributed by atoms with Crippen LogP contribution in [0.4, 0.5) is 0 Å². The molecular formula is C15H26BrN3O. The largest absolute Gasteiger partial charge is 0.389 e. The minimum absolute atomic E-state index is 0.565. The first-order valence-electron chi connectivity index (χ1n) is 7.53. The van der Waals surface area contributed by atoms with Gasteiger partial charge in [0, 0.05) is 32.6 Å². The Hall–Kier alpha value is -0.390. The number of halogens is 1. The Labute approximate surface area is 130 Å². The number of likely N-dealkylation sites (tertiary alicyclic amines) is 1. The minimum atomic E-state index is -0.591. The molecule has 4 nitrogen and oxygen atoms in total. The molecule has 20 heavy (non-hydrogen) atoms. The van der Waals surface area contributed by atoms with Crippen molar-refractivity contribution in [2.45, 2.75) is 58.1 Å². The first kappa shape index (κ1) is 16.0. The summed E-state index contributed by atoms with van der Waals surface area (Å²) in [5.74, 6) is 0. The van der Waals surface area contributed by atoms with Gasteiger partial charge in [-0.1, -0.05) is 6.92 Å². The van der Waals surface area contributed by atoms with Crippen LogP contribution in [0.3, 0.4) is 0 Å². The van der Waals surface area contributed by atoms with E-state index in [1.165, 1.54) is 0 Å². The highest BCUT2D eigenvalue weighted by molar-refractivity contribution is 9.10. The topological polar surface area (TPSA) is 41.3 Å². The van der Waals surface area contributed by atoms with Crippen molar-refractivity contribution in [3.8, 4) is 0 Å². The summed E-state index contributed by atoms with van der Waals surface area (Å²) in [5.41, 5.74) is 1.60. The number of piperidine rings is 1. The summed E-state index contributed by atoms with van der Waals surface area (Å²) in [4.78, 5) is 2.43. The predicted octanol–water partition coefficient (Wildman–Crippen LogP) is 2.52. The van der Waals surface area contributed by atoms with Gasteiger partial charge >= 0.3 is 0 Å². The molecule has 0 aliphatic carbocycles. The highest BCUT2D eigenvalue weighted by atomic mass is 79.9. The van der Waals surface area contributed by atoms with Crippen molar-refractivity contribution in [3.05, 3.63) is 15.9 Å². The summed E-state index contributed by atoms with van der Waals surface area (Å²) in [5, 5.41) is 15.4. The average Bonchev–Trinajstić information content (AvgIpc) is 2.66. The van der Waals surface area contributed by atoms with Crippen LogP contribution in [0.2, 0.25) is 0 Å². The Morgan fingerprint density at radius 3 is 2.40 bits per heavy atom. The van der Waals surface area contributed by atoms with Crippen LogP contribution in [0.15, 0.2) is 4.47 Å². The summed E-state index contributed by atoms with van der Waals surface area (Å²) in [7, 11) is 1.96. The molecule has 0 spiro atoms. The lowest BCUT2D eigenvalue weighted by molar-refractivity contribution is -0.0284. The Bertz CT molecular complexity index is 462. The Morgan fingerprint density at radius 2 is 1.95 bits per heavy atom. The number of aryl methyl sites for hydroxylation is 2. The van der Waals surface area contributed by atoms with E-state index in [1.54, 1.807) is 0 Å². The molecular weight excluding hydrogens is 318 g/mol. The van der Waals surface area contributed by atoms with E-state index in [0.29, 0.717) is 12.5 Å². The lowest BCUT2D eigenvalue weighted by atomic mass is 9.86. The third kappa shape index (κ3) is 3.26. The summed E-state index contributed by atoms with van der Waals surface area (Å²) >= 11 is 3.64. The zero-order valence-corrected chi connectivity index (χ0v) is 14.6. The first-order chi connectivity index (χ1) is 9.36. The maximum Gasteiger partial charge on any atom is 0.0766 e. The highest BCUT2D eigenvalue weighted by Crippen LogP contribution is 2.31. The van der Waals surface area contributed by atoms with Crippen LogP contribution in [-0.4, -0.2) is 44.5 Å². The monoisotopic (exact) mass is 343 g/mol. The van der Waals surface area contributed by atoms with E-state index >= 15 is 0 Å². The number of aromatic nitrogens is 2. The van der Waals surface area contributed by atoms with E-state index in [9.17, 15) is 5.11 Å². The highest BCUT2D eigenvalue weighted by Gasteiger charge is 2.34. The van der Waals surface area contributed by atoms with E-state index in [0.717, 1.165) is 48.2 Å². The number of rotatable bonds is 4. The Kier molecular flexibility index (Phi) is 4.92. The van der Waals surface area contributed by atoms with Crippen molar-refractivity contribution in [2.24, 2.45) is 7.05 Å². The van der Waals surface area contributed by atoms with Crippen molar-refractivity contribution in [1.82, 2.24) is 14.7 Å². The van der Waals surface area contributed by atoms with Gasteiger partial charge in [-0.05, 0) is 49.0 Å². The standard InChI is InChI=1S/C15H26BrN3O/c1-5-12-14(16)13(18(4)17-12)10-15(20)6-8-19(9-7-15)11(2)3/h11,20H,5-10H2,1-4H3. The van der Waals surface area contributed by atoms with Gasteiger partial charge in [0.05, 0.1) is 21.5 Å². The van der Waals surface area contributed by atoms with E-state index in [2.05, 4.69) is 46.7 Å². The van der Waals surface area contributed by atoms with Gasteiger partial charge in [0.2, 0.25) is 0 Å². The van der Waals surface area contributed by atoms with Crippen molar-refractivity contribution in [1.29, 1.82) is 0 Å². The molecule has 0 atom stereocenters. The van der Waals surface area contributed by atoms with Gasteiger partial charge in [-0.2, -0.15) is 5.10 Å². The third-order valence-corrected chi connectivity index (χ3v) is 5.37.